The number of nitrogens with zero attached hydrogens (tertiary/aromatic N) is 3. The summed E-state index contributed by atoms with van der Waals surface area (Å²) in [4.78, 5) is 28.2. The Labute approximate surface area is 216 Å². The summed E-state index contributed by atoms with van der Waals surface area (Å²) in [5.74, 6) is 0.728. The molecule has 0 radical (unpaired) electrons. The van der Waals surface area contributed by atoms with E-state index in [9.17, 15) is 9.59 Å². The molecule has 0 spiro atoms. The number of nitrogens with one attached hydrogen (secondary N) is 2. The minimum atomic E-state index is -0.144. The smallest absolute Gasteiger partial charge is 0.273 e. The van der Waals surface area contributed by atoms with Crippen molar-refractivity contribution in [1.29, 1.82) is 0 Å². The average molecular weight is 494 g/mol. The molecule has 1 unspecified atom stereocenters. The van der Waals surface area contributed by atoms with Crippen molar-refractivity contribution < 1.29 is 9.59 Å². The highest BCUT2D eigenvalue weighted by Crippen LogP contribution is 2.29. The van der Waals surface area contributed by atoms with E-state index in [-0.39, 0.29) is 23.8 Å². The van der Waals surface area contributed by atoms with Gasteiger partial charge in [0.15, 0.2) is 0 Å². The van der Waals surface area contributed by atoms with Crippen molar-refractivity contribution in [2.75, 3.05) is 18.4 Å². The molecule has 7 nitrogen and oxygen atoms in total. The Kier molecular flexibility index (Phi) is 8.83. The molecule has 1 aromatic carbocycles. The zero-order valence-corrected chi connectivity index (χ0v) is 22.4. The number of hydrogen-bond donors (Lipinski definition) is 2. The largest absolute Gasteiger partial charge is 0.353 e. The average Bonchev–Trinajstić information content (AvgIpc) is 3.23. The van der Waals surface area contributed by atoms with Crippen LogP contribution in [0.5, 0.6) is 0 Å². The summed E-state index contributed by atoms with van der Waals surface area (Å²) in [7, 11) is 1.82. The number of carbonyl (C=O) groups is 2. The summed E-state index contributed by atoms with van der Waals surface area (Å²) in [5, 5.41) is 10.9. The zero-order chi connectivity index (χ0) is 25.7. The number of rotatable bonds is 8. The maximum absolute atomic E-state index is 12.9. The predicted molar refractivity (Wildman–Crippen MR) is 144 cm³/mol. The van der Waals surface area contributed by atoms with Crippen LogP contribution in [-0.4, -0.2) is 45.6 Å². The van der Waals surface area contributed by atoms with Crippen LogP contribution >= 0.6 is 0 Å². The van der Waals surface area contributed by atoms with Crippen molar-refractivity contribution in [2.45, 2.75) is 84.2 Å². The van der Waals surface area contributed by atoms with Gasteiger partial charge in [-0.3, -0.25) is 19.2 Å². The number of aryl methyl sites for hydroxylation is 1. The van der Waals surface area contributed by atoms with Crippen LogP contribution in [0, 0.1) is 11.8 Å². The molecule has 1 saturated carbocycles. The Morgan fingerprint density at radius 2 is 1.75 bits per heavy atom. The van der Waals surface area contributed by atoms with Gasteiger partial charge in [-0.15, -0.1) is 0 Å². The number of carbonyl (C=O) groups excluding carboxylic acids is 2. The van der Waals surface area contributed by atoms with Gasteiger partial charge in [0.2, 0.25) is 5.91 Å². The van der Waals surface area contributed by atoms with Crippen molar-refractivity contribution >= 4 is 17.5 Å². The van der Waals surface area contributed by atoms with Gasteiger partial charge < -0.3 is 10.6 Å². The Hall–Kier alpha value is -2.67. The number of amides is 2. The summed E-state index contributed by atoms with van der Waals surface area (Å²) < 4.78 is 1.66. The number of likely N-dealkylation sites (tertiary alicyclic amines) is 1. The van der Waals surface area contributed by atoms with Gasteiger partial charge in [-0.1, -0.05) is 45.2 Å². The van der Waals surface area contributed by atoms with E-state index < -0.39 is 0 Å². The van der Waals surface area contributed by atoms with Crippen LogP contribution < -0.4 is 10.6 Å². The molecule has 196 valence electrons. The highest BCUT2D eigenvalue weighted by Gasteiger charge is 2.29. The number of aromatic nitrogens is 2. The quantitative estimate of drug-likeness (QED) is 0.537. The molecule has 1 aromatic heterocycles. The second-order valence-corrected chi connectivity index (χ2v) is 11.2. The molecule has 1 aliphatic heterocycles. The zero-order valence-electron chi connectivity index (χ0n) is 22.4. The van der Waals surface area contributed by atoms with E-state index in [0.717, 1.165) is 56.6 Å². The molecule has 36 heavy (non-hydrogen) atoms. The van der Waals surface area contributed by atoms with Gasteiger partial charge in [-0.2, -0.15) is 5.10 Å². The first-order valence-corrected chi connectivity index (χ1v) is 13.8. The fourth-order valence-electron chi connectivity index (χ4n) is 5.65. The minimum Gasteiger partial charge on any atom is -0.353 e. The van der Waals surface area contributed by atoms with E-state index in [1.807, 2.05) is 25.2 Å². The monoisotopic (exact) mass is 493 g/mol. The molecule has 2 N–H and O–H groups in total. The van der Waals surface area contributed by atoms with E-state index in [2.05, 4.69) is 53.5 Å². The standard InChI is InChI=1S/C29H43N5O2/c1-20(2)17-26-19-27(33(4)32-26)29(36)31-25-12-8-9-23(18-25)21(3)34-15-13-22(14-16-34)28(35)30-24-10-6-5-7-11-24/h8-9,12,18-22,24H,5-7,10-11,13-17H2,1-4H3,(H,30,35)(H,31,36). The number of piperidine rings is 1. The van der Waals surface area contributed by atoms with Gasteiger partial charge in [0.1, 0.15) is 5.69 Å². The first-order chi connectivity index (χ1) is 17.3. The van der Waals surface area contributed by atoms with Crippen LogP contribution in [0.3, 0.4) is 0 Å². The lowest BCUT2D eigenvalue weighted by atomic mass is 9.91. The molecule has 0 bridgehead atoms. The van der Waals surface area contributed by atoms with E-state index >= 15 is 0 Å². The lowest BCUT2D eigenvalue weighted by Gasteiger charge is -2.36. The first kappa shape index (κ1) is 26.4. The van der Waals surface area contributed by atoms with Crippen LogP contribution in [-0.2, 0) is 18.3 Å². The fourth-order valence-corrected chi connectivity index (χ4v) is 5.65. The molecule has 2 heterocycles. The summed E-state index contributed by atoms with van der Waals surface area (Å²) in [6.07, 6.45) is 8.70. The summed E-state index contributed by atoms with van der Waals surface area (Å²) >= 11 is 0. The molecular weight excluding hydrogens is 450 g/mol. The molecule has 2 fully saturated rings. The molecule has 1 saturated heterocycles. The third-order valence-corrected chi connectivity index (χ3v) is 7.81. The second-order valence-electron chi connectivity index (χ2n) is 11.2. The Morgan fingerprint density at radius 1 is 1.03 bits per heavy atom. The van der Waals surface area contributed by atoms with Crippen molar-refractivity contribution in [3.05, 3.63) is 47.3 Å². The van der Waals surface area contributed by atoms with Crippen molar-refractivity contribution in [3.8, 4) is 0 Å². The summed E-state index contributed by atoms with van der Waals surface area (Å²) in [5.41, 5.74) is 3.47. The normalized spacial score (nSPS) is 18.8. The van der Waals surface area contributed by atoms with Crippen LogP contribution in [0.4, 0.5) is 5.69 Å². The van der Waals surface area contributed by atoms with Gasteiger partial charge in [-0.25, -0.2) is 0 Å². The molecule has 2 aromatic rings. The predicted octanol–water partition coefficient (Wildman–Crippen LogP) is 5.09. The Bertz CT molecular complexity index is 1030. The Balaban J connectivity index is 1.31. The molecule has 7 heteroatoms. The lowest BCUT2D eigenvalue weighted by Crippen LogP contribution is -2.44. The highest BCUT2D eigenvalue weighted by atomic mass is 16.2. The van der Waals surface area contributed by atoms with Gasteiger partial charge >= 0.3 is 0 Å². The molecule has 2 aliphatic rings. The maximum atomic E-state index is 12.9. The minimum absolute atomic E-state index is 0.125. The van der Waals surface area contributed by atoms with Crippen LogP contribution in [0.2, 0.25) is 0 Å². The van der Waals surface area contributed by atoms with E-state index in [1.165, 1.54) is 24.8 Å². The van der Waals surface area contributed by atoms with E-state index in [1.54, 1.807) is 4.68 Å². The van der Waals surface area contributed by atoms with Gasteiger partial charge in [0.05, 0.1) is 5.69 Å². The Morgan fingerprint density at radius 3 is 2.44 bits per heavy atom. The topological polar surface area (TPSA) is 79.3 Å². The number of anilines is 1. The molecule has 1 atom stereocenters. The molecular formula is C29H43N5O2. The summed E-state index contributed by atoms with van der Waals surface area (Å²) in [6, 6.07) is 10.6. The van der Waals surface area contributed by atoms with Gasteiger partial charge in [-0.05, 0) is 81.8 Å². The fraction of sp³-hybridized carbons (Fsp3) is 0.621. The molecule has 1 aliphatic carbocycles. The SMILES string of the molecule is CC(C)Cc1cc(C(=O)Nc2cccc(C(C)N3CCC(C(=O)NC4CCCCC4)CC3)c2)n(C)n1. The van der Waals surface area contributed by atoms with Gasteiger partial charge in [0.25, 0.3) is 5.91 Å². The maximum Gasteiger partial charge on any atom is 0.273 e. The van der Waals surface area contributed by atoms with Crippen LogP contribution in [0.15, 0.2) is 30.3 Å². The number of benzene rings is 1. The molecule has 4 rings (SSSR count). The first-order valence-electron chi connectivity index (χ1n) is 13.8. The van der Waals surface area contributed by atoms with Crippen molar-refractivity contribution in [2.24, 2.45) is 18.9 Å². The second kappa shape index (κ2) is 12.0. The van der Waals surface area contributed by atoms with E-state index in [4.69, 9.17) is 0 Å². The van der Waals surface area contributed by atoms with Crippen LogP contribution in [0.1, 0.15) is 93.5 Å². The summed E-state index contributed by atoms with van der Waals surface area (Å²) in [6.45, 7) is 8.33. The van der Waals surface area contributed by atoms with Crippen molar-refractivity contribution in [3.63, 3.8) is 0 Å². The third-order valence-electron chi connectivity index (χ3n) is 7.81. The highest BCUT2D eigenvalue weighted by molar-refractivity contribution is 6.03. The van der Waals surface area contributed by atoms with Crippen LogP contribution in [0.25, 0.3) is 0 Å². The lowest BCUT2D eigenvalue weighted by molar-refractivity contribution is -0.127. The van der Waals surface area contributed by atoms with Crippen molar-refractivity contribution in [1.82, 2.24) is 20.0 Å². The van der Waals surface area contributed by atoms with E-state index in [0.29, 0.717) is 17.7 Å². The molecule has 2 amide bonds. The van der Waals surface area contributed by atoms with Gasteiger partial charge in [0, 0.05) is 30.7 Å². The third kappa shape index (κ3) is 6.75. The number of hydrogen-bond acceptors (Lipinski definition) is 4.